The molecule has 0 fully saturated rings. The molecule has 0 N–H and O–H groups in total. The van der Waals surface area contributed by atoms with E-state index in [4.69, 9.17) is 13.9 Å². The van der Waals surface area contributed by atoms with E-state index >= 15 is 0 Å². The molecule has 1 aromatic carbocycles. The smallest absolute Gasteiger partial charge is 0.313 e. The highest BCUT2D eigenvalue weighted by molar-refractivity contribution is 6.10. The maximum atomic E-state index is 12.5. The van der Waals surface area contributed by atoms with E-state index < -0.39 is 12.3 Å². The largest absolute Gasteiger partial charge is 0.469 e. The molecule has 1 unspecified atom stereocenters. The van der Waals surface area contributed by atoms with E-state index in [1.54, 1.807) is 12.1 Å². The molecule has 0 radical (unpaired) electrons. The molecule has 0 amide bonds. The van der Waals surface area contributed by atoms with Crippen molar-refractivity contribution in [1.29, 1.82) is 0 Å². The van der Waals surface area contributed by atoms with Crippen LogP contribution in [-0.4, -0.2) is 25.2 Å². The van der Waals surface area contributed by atoms with Crippen LogP contribution >= 0.6 is 0 Å². The molecule has 1 aliphatic heterocycles. The average molecular weight is 330 g/mol. The number of fused-ring (bicyclic) bond motifs is 4. The molecule has 126 valence electrons. The highest BCUT2D eigenvalue weighted by Crippen LogP contribution is 2.45. The van der Waals surface area contributed by atoms with E-state index in [0.29, 0.717) is 29.1 Å². The van der Waals surface area contributed by atoms with Gasteiger partial charge in [-0.25, -0.2) is 0 Å². The average Bonchev–Trinajstić information content (AvgIpc) is 3.01. The minimum absolute atomic E-state index is 0.00221. The molecule has 1 atom stereocenters. The number of rotatable bonds is 2. The van der Waals surface area contributed by atoms with Crippen LogP contribution in [0, 0.1) is 5.41 Å². The van der Waals surface area contributed by atoms with Gasteiger partial charge in [0, 0.05) is 24.3 Å². The minimum Gasteiger partial charge on any atom is -0.469 e. The van der Waals surface area contributed by atoms with Crippen molar-refractivity contribution >= 4 is 22.7 Å². The SMILES string of the molecule is COC(=O)CC1Oc2cc3oc4c(c3cc2O1)C(=O)CC(C)(C)C4. The molecule has 1 aromatic heterocycles. The maximum absolute atomic E-state index is 12.5. The zero-order chi connectivity index (χ0) is 17.1. The van der Waals surface area contributed by atoms with E-state index in [1.807, 2.05) is 0 Å². The van der Waals surface area contributed by atoms with Gasteiger partial charge in [-0.15, -0.1) is 0 Å². The van der Waals surface area contributed by atoms with Gasteiger partial charge in [0.05, 0.1) is 12.7 Å². The molecule has 24 heavy (non-hydrogen) atoms. The summed E-state index contributed by atoms with van der Waals surface area (Å²) in [5.41, 5.74) is 1.15. The lowest BCUT2D eigenvalue weighted by atomic mass is 9.76. The number of carbonyl (C=O) groups excluding carboxylic acids is 2. The van der Waals surface area contributed by atoms with Gasteiger partial charge in [0.25, 0.3) is 6.29 Å². The van der Waals surface area contributed by atoms with Crippen LogP contribution in [0.5, 0.6) is 11.5 Å². The van der Waals surface area contributed by atoms with Crippen LogP contribution in [0.25, 0.3) is 11.0 Å². The lowest BCUT2D eigenvalue weighted by Crippen LogP contribution is -2.25. The quantitative estimate of drug-likeness (QED) is 0.787. The van der Waals surface area contributed by atoms with Crippen molar-refractivity contribution in [3.63, 3.8) is 0 Å². The Morgan fingerprint density at radius 1 is 1.25 bits per heavy atom. The second-order valence-electron chi connectivity index (χ2n) is 7.08. The second kappa shape index (κ2) is 5.00. The Morgan fingerprint density at radius 2 is 1.96 bits per heavy atom. The number of furan rings is 1. The Balaban J connectivity index is 1.71. The summed E-state index contributed by atoms with van der Waals surface area (Å²) < 4.78 is 21.8. The number of esters is 1. The zero-order valence-electron chi connectivity index (χ0n) is 13.8. The third-order valence-corrected chi connectivity index (χ3v) is 4.46. The summed E-state index contributed by atoms with van der Waals surface area (Å²) in [5, 5.41) is 0.742. The lowest BCUT2D eigenvalue weighted by molar-refractivity contribution is -0.145. The van der Waals surface area contributed by atoms with E-state index in [0.717, 1.165) is 17.6 Å². The maximum Gasteiger partial charge on any atom is 0.313 e. The molecule has 0 bridgehead atoms. The number of carbonyl (C=O) groups is 2. The molecule has 0 saturated heterocycles. The normalized spacial score (nSPS) is 21.0. The summed E-state index contributed by atoms with van der Waals surface area (Å²) in [6.45, 7) is 4.12. The number of ketones is 1. The van der Waals surface area contributed by atoms with Gasteiger partial charge in [0.2, 0.25) is 0 Å². The fourth-order valence-electron chi connectivity index (χ4n) is 3.40. The first-order valence-corrected chi connectivity index (χ1v) is 7.89. The van der Waals surface area contributed by atoms with Crippen molar-refractivity contribution in [3.05, 3.63) is 23.5 Å². The number of benzene rings is 1. The van der Waals surface area contributed by atoms with Gasteiger partial charge in [0.15, 0.2) is 17.3 Å². The van der Waals surface area contributed by atoms with Crippen LogP contribution in [-0.2, 0) is 16.0 Å². The highest BCUT2D eigenvalue weighted by atomic mass is 16.7. The Kier molecular flexibility index (Phi) is 3.13. The number of hydrogen-bond donors (Lipinski definition) is 0. The molecule has 0 saturated carbocycles. The first-order valence-electron chi connectivity index (χ1n) is 7.89. The van der Waals surface area contributed by atoms with E-state index in [1.165, 1.54) is 7.11 Å². The molecular weight excluding hydrogens is 312 g/mol. The molecule has 2 aromatic rings. The fourth-order valence-corrected chi connectivity index (χ4v) is 3.40. The standard InChI is InChI=1S/C18H18O6/c1-18(2)7-10(19)17-9-4-12-13(5-11(9)22-14(17)8-18)24-16(23-12)6-15(20)21-3/h4-5,16H,6-8H2,1-3H3. The van der Waals surface area contributed by atoms with Gasteiger partial charge < -0.3 is 18.6 Å². The van der Waals surface area contributed by atoms with Crippen molar-refractivity contribution < 1.29 is 28.2 Å². The first-order chi connectivity index (χ1) is 11.4. The Hall–Kier alpha value is -2.50. The second-order valence-corrected chi connectivity index (χ2v) is 7.08. The van der Waals surface area contributed by atoms with Gasteiger partial charge in [-0.05, 0) is 11.5 Å². The van der Waals surface area contributed by atoms with Crippen molar-refractivity contribution in [1.82, 2.24) is 0 Å². The summed E-state index contributed by atoms with van der Waals surface area (Å²) in [7, 11) is 1.32. The number of Topliss-reactive ketones (excluding diaryl/α,β-unsaturated/α-hetero) is 1. The van der Waals surface area contributed by atoms with Crippen molar-refractivity contribution in [2.75, 3.05) is 7.11 Å². The molecule has 0 spiro atoms. The number of ether oxygens (including phenoxy) is 3. The van der Waals surface area contributed by atoms with Crippen LogP contribution < -0.4 is 9.47 Å². The van der Waals surface area contributed by atoms with E-state index in [9.17, 15) is 9.59 Å². The monoisotopic (exact) mass is 330 g/mol. The molecule has 4 rings (SSSR count). The number of hydrogen-bond acceptors (Lipinski definition) is 6. The van der Waals surface area contributed by atoms with Crippen LogP contribution in [0.1, 0.15) is 42.8 Å². The summed E-state index contributed by atoms with van der Waals surface area (Å²) in [6.07, 6.45) is 0.496. The molecule has 6 heteroatoms. The van der Waals surface area contributed by atoms with Crippen molar-refractivity contribution in [3.8, 4) is 11.5 Å². The number of methoxy groups -OCH3 is 1. The Bertz CT molecular complexity index is 860. The fraction of sp³-hybridized carbons (Fsp3) is 0.444. The topological polar surface area (TPSA) is 75.0 Å². The van der Waals surface area contributed by atoms with Crippen LogP contribution in [0.2, 0.25) is 0 Å². The van der Waals surface area contributed by atoms with Gasteiger partial charge >= 0.3 is 5.97 Å². The predicted molar refractivity (Wildman–Crippen MR) is 84.3 cm³/mol. The zero-order valence-corrected chi connectivity index (χ0v) is 13.8. The summed E-state index contributed by atoms with van der Waals surface area (Å²) in [5.74, 6) is 1.42. The van der Waals surface area contributed by atoms with Crippen molar-refractivity contribution in [2.45, 2.75) is 39.4 Å². The Morgan fingerprint density at radius 3 is 2.67 bits per heavy atom. The molecule has 2 aliphatic rings. The van der Waals surface area contributed by atoms with Gasteiger partial charge in [-0.2, -0.15) is 0 Å². The van der Waals surface area contributed by atoms with Gasteiger partial charge in [-0.3, -0.25) is 9.59 Å². The molecule has 1 aliphatic carbocycles. The predicted octanol–water partition coefficient (Wildman–Crippen LogP) is 3.25. The van der Waals surface area contributed by atoms with Crippen LogP contribution in [0.4, 0.5) is 0 Å². The van der Waals surface area contributed by atoms with Gasteiger partial charge in [0.1, 0.15) is 17.8 Å². The Labute approximate surface area is 138 Å². The van der Waals surface area contributed by atoms with Crippen LogP contribution in [0.15, 0.2) is 16.5 Å². The van der Waals surface area contributed by atoms with Crippen LogP contribution in [0.3, 0.4) is 0 Å². The molecular formula is C18H18O6. The molecule has 6 nitrogen and oxygen atoms in total. The van der Waals surface area contributed by atoms with E-state index in [-0.39, 0.29) is 17.6 Å². The van der Waals surface area contributed by atoms with E-state index in [2.05, 4.69) is 18.6 Å². The minimum atomic E-state index is -0.718. The van der Waals surface area contributed by atoms with Gasteiger partial charge in [-0.1, -0.05) is 13.8 Å². The summed E-state index contributed by atoms with van der Waals surface area (Å²) in [4.78, 5) is 23.9. The van der Waals surface area contributed by atoms with Crippen molar-refractivity contribution in [2.24, 2.45) is 5.41 Å². The summed E-state index contributed by atoms with van der Waals surface area (Å²) >= 11 is 0. The first kappa shape index (κ1) is 15.1. The summed E-state index contributed by atoms with van der Waals surface area (Å²) in [6, 6.07) is 3.49. The lowest BCUT2D eigenvalue weighted by Gasteiger charge is -2.27. The third-order valence-electron chi connectivity index (χ3n) is 4.46. The third kappa shape index (κ3) is 2.33. The molecule has 2 heterocycles. The highest BCUT2D eigenvalue weighted by Gasteiger charge is 2.36.